The van der Waals surface area contributed by atoms with Crippen LogP contribution in [0.1, 0.15) is 57.4 Å². The summed E-state index contributed by atoms with van der Waals surface area (Å²) in [6.45, 7) is 11.1. The number of benzene rings is 2. The Hall–Kier alpha value is -3.09. The lowest BCUT2D eigenvalue weighted by atomic mass is 9.86. The van der Waals surface area contributed by atoms with Gasteiger partial charge in [-0.25, -0.2) is 9.48 Å². The van der Waals surface area contributed by atoms with Crippen molar-refractivity contribution in [2.24, 2.45) is 13.0 Å². The Balaban J connectivity index is 1.50. The van der Waals surface area contributed by atoms with E-state index >= 15 is 0 Å². The number of nitrogens with zero attached hydrogens (tertiary/aromatic N) is 4. The molecule has 7 nitrogen and oxygen atoms in total. The maximum absolute atomic E-state index is 12.8. The largest absolute Gasteiger partial charge is 0.489 e. The zero-order valence-electron chi connectivity index (χ0n) is 19.8. The molecule has 170 valence electrons. The molecule has 0 fully saturated rings. The lowest BCUT2D eigenvalue weighted by Crippen LogP contribution is -2.44. The predicted octanol–water partition coefficient (Wildman–Crippen LogP) is 5.04. The second-order valence-corrected chi connectivity index (χ2v) is 9.80. The van der Waals surface area contributed by atoms with E-state index in [2.05, 4.69) is 36.3 Å². The summed E-state index contributed by atoms with van der Waals surface area (Å²) in [5.74, 6) is 1.10. The minimum absolute atomic E-state index is 0.0123. The Morgan fingerprint density at radius 2 is 1.97 bits per heavy atom. The van der Waals surface area contributed by atoms with Gasteiger partial charge in [-0.1, -0.05) is 31.2 Å². The number of ether oxygens (including phenoxy) is 2. The first kappa shape index (κ1) is 22.1. The quantitative estimate of drug-likeness (QED) is 0.573. The van der Waals surface area contributed by atoms with Crippen LogP contribution < -0.4 is 4.74 Å². The molecule has 1 unspecified atom stereocenters. The van der Waals surface area contributed by atoms with E-state index < -0.39 is 5.60 Å². The highest BCUT2D eigenvalue weighted by atomic mass is 16.6. The molecule has 1 aliphatic heterocycles. The zero-order valence-corrected chi connectivity index (χ0v) is 19.8. The third-order valence-corrected chi connectivity index (χ3v) is 5.73. The van der Waals surface area contributed by atoms with Crippen LogP contribution >= 0.6 is 0 Å². The standard InChI is InChI=1S/C25H32N4O3/c1-16(2)23-20-9-8-19(14-18(20)11-12-29(23)24(30)32-25(3,4)5)31-15-17-7-10-22-21(13-17)26-27-28(22)6/h7-10,13-14,16,23H,11-12,15H2,1-6H3. The fourth-order valence-electron chi connectivity index (χ4n) is 4.31. The van der Waals surface area contributed by atoms with Crippen molar-refractivity contribution in [3.63, 3.8) is 0 Å². The predicted molar refractivity (Wildman–Crippen MR) is 124 cm³/mol. The average Bonchev–Trinajstić information content (AvgIpc) is 3.10. The summed E-state index contributed by atoms with van der Waals surface area (Å²) in [7, 11) is 1.88. The van der Waals surface area contributed by atoms with Crippen molar-refractivity contribution >= 4 is 17.1 Å². The van der Waals surface area contributed by atoms with Crippen LogP contribution in [0.4, 0.5) is 4.79 Å². The summed E-state index contributed by atoms with van der Waals surface area (Å²) in [4.78, 5) is 14.7. The summed E-state index contributed by atoms with van der Waals surface area (Å²) < 4.78 is 13.5. The van der Waals surface area contributed by atoms with Crippen LogP contribution in [0, 0.1) is 5.92 Å². The van der Waals surface area contributed by atoms with Crippen molar-refractivity contribution < 1.29 is 14.3 Å². The van der Waals surface area contributed by atoms with Gasteiger partial charge < -0.3 is 14.4 Å². The van der Waals surface area contributed by atoms with Gasteiger partial charge in [0.2, 0.25) is 0 Å². The molecule has 0 radical (unpaired) electrons. The Kier molecular flexibility index (Phi) is 5.84. The van der Waals surface area contributed by atoms with Gasteiger partial charge in [-0.15, -0.1) is 5.10 Å². The third kappa shape index (κ3) is 4.56. The van der Waals surface area contributed by atoms with Crippen LogP contribution in [0.5, 0.6) is 5.75 Å². The molecule has 0 spiro atoms. The molecule has 0 saturated heterocycles. The molecule has 1 aromatic heterocycles. The molecular weight excluding hydrogens is 404 g/mol. The van der Waals surface area contributed by atoms with E-state index in [0.717, 1.165) is 28.8 Å². The summed E-state index contributed by atoms with van der Waals surface area (Å²) in [5, 5.41) is 8.23. The van der Waals surface area contributed by atoms with E-state index in [4.69, 9.17) is 9.47 Å². The van der Waals surface area contributed by atoms with Crippen molar-refractivity contribution in [2.45, 2.75) is 59.3 Å². The van der Waals surface area contributed by atoms with Crippen molar-refractivity contribution in [1.29, 1.82) is 0 Å². The van der Waals surface area contributed by atoms with Gasteiger partial charge in [-0.3, -0.25) is 0 Å². The number of carbonyl (C=O) groups is 1. The van der Waals surface area contributed by atoms with Crippen LogP contribution in [0.3, 0.4) is 0 Å². The SMILES string of the molecule is CC(C)C1c2ccc(OCc3ccc4c(c3)nnn4C)cc2CCN1C(=O)OC(C)(C)C. The highest BCUT2D eigenvalue weighted by molar-refractivity contribution is 5.74. The van der Waals surface area contributed by atoms with Gasteiger partial charge in [0.1, 0.15) is 23.5 Å². The molecule has 1 amide bonds. The Bertz CT molecular complexity index is 1130. The number of aromatic nitrogens is 3. The highest BCUT2D eigenvalue weighted by Gasteiger charge is 2.35. The van der Waals surface area contributed by atoms with Crippen molar-refractivity contribution in [2.75, 3.05) is 6.54 Å². The second kappa shape index (κ2) is 8.45. The fraction of sp³-hybridized carbons (Fsp3) is 0.480. The van der Waals surface area contributed by atoms with Gasteiger partial charge in [0.05, 0.1) is 11.6 Å². The maximum atomic E-state index is 12.8. The molecule has 0 bridgehead atoms. The molecule has 2 aromatic carbocycles. The van der Waals surface area contributed by atoms with E-state index in [1.54, 1.807) is 4.68 Å². The highest BCUT2D eigenvalue weighted by Crippen LogP contribution is 2.37. The summed E-state index contributed by atoms with van der Waals surface area (Å²) in [6.07, 6.45) is 0.530. The Morgan fingerprint density at radius 3 is 2.69 bits per heavy atom. The zero-order chi connectivity index (χ0) is 23.0. The molecule has 1 aliphatic rings. The molecule has 0 aliphatic carbocycles. The van der Waals surface area contributed by atoms with Crippen molar-refractivity contribution in [3.8, 4) is 5.75 Å². The van der Waals surface area contributed by atoms with Gasteiger partial charge in [0.25, 0.3) is 0 Å². The lowest BCUT2D eigenvalue weighted by molar-refractivity contribution is 0.00876. The fourth-order valence-corrected chi connectivity index (χ4v) is 4.31. The number of hydrogen-bond donors (Lipinski definition) is 0. The van der Waals surface area contributed by atoms with Crippen LogP contribution in [0.2, 0.25) is 0 Å². The number of aryl methyl sites for hydroxylation is 1. The maximum Gasteiger partial charge on any atom is 0.410 e. The molecule has 4 rings (SSSR count). The first-order valence-corrected chi connectivity index (χ1v) is 11.2. The summed E-state index contributed by atoms with van der Waals surface area (Å²) in [5.41, 5.74) is 4.80. The number of fused-ring (bicyclic) bond motifs is 2. The van der Waals surface area contributed by atoms with Crippen LogP contribution in [0.25, 0.3) is 11.0 Å². The third-order valence-electron chi connectivity index (χ3n) is 5.73. The normalized spacial score (nSPS) is 16.3. The number of carbonyl (C=O) groups excluding carboxylic acids is 1. The van der Waals surface area contributed by atoms with Crippen LogP contribution in [-0.4, -0.2) is 38.1 Å². The first-order valence-electron chi connectivity index (χ1n) is 11.2. The Labute approximate surface area is 189 Å². The number of rotatable bonds is 4. The smallest absolute Gasteiger partial charge is 0.410 e. The molecule has 32 heavy (non-hydrogen) atoms. The monoisotopic (exact) mass is 436 g/mol. The van der Waals surface area contributed by atoms with Gasteiger partial charge in [0, 0.05) is 13.6 Å². The average molecular weight is 437 g/mol. The van der Waals surface area contributed by atoms with E-state index in [1.807, 2.05) is 57.0 Å². The number of amides is 1. The van der Waals surface area contributed by atoms with E-state index in [1.165, 1.54) is 11.1 Å². The molecule has 7 heteroatoms. The van der Waals surface area contributed by atoms with Gasteiger partial charge in [-0.05, 0) is 74.1 Å². The van der Waals surface area contributed by atoms with Crippen molar-refractivity contribution in [3.05, 3.63) is 53.1 Å². The number of hydrogen-bond acceptors (Lipinski definition) is 5. The Morgan fingerprint density at radius 1 is 1.19 bits per heavy atom. The topological polar surface area (TPSA) is 69.5 Å². The van der Waals surface area contributed by atoms with Crippen LogP contribution in [-0.2, 0) is 24.8 Å². The van der Waals surface area contributed by atoms with Gasteiger partial charge >= 0.3 is 6.09 Å². The molecule has 1 atom stereocenters. The molecule has 2 heterocycles. The van der Waals surface area contributed by atoms with Crippen molar-refractivity contribution in [1.82, 2.24) is 19.9 Å². The summed E-state index contributed by atoms with van der Waals surface area (Å²) >= 11 is 0. The molecule has 0 saturated carbocycles. The van der Waals surface area contributed by atoms with E-state index in [9.17, 15) is 4.79 Å². The lowest BCUT2D eigenvalue weighted by Gasteiger charge is -2.40. The molecule has 3 aromatic rings. The summed E-state index contributed by atoms with van der Waals surface area (Å²) in [6, 6.07) is 12.2. The molecular formula is C25H32N4O3. The van der Waals surface area contributed by atoms with Crippen LogP contribution in [0.15, 0.2) is 36.4 Å². The minimum Gasteiger partial charge on any atom is -0.489 e. The van der Waals surface area contributed by atoms with E-state index in [-0.39, 0.29) is 18.1 Å². The van der Waals surface area contributed by atoms with Gasteiger partial charge in [-0.2, -0.15) is 0 Å². The minimum atomic E-state index is -0.509. The second-order valence-electron chi connectivity index (χ2n) is 9.80. The first-order chi connectivity index (χ1) is 15.1. The molecule has 0 N–H and O–H groups in total. The van der Waals surface area contributed by atoms with E-state index in [0.29, 0.717) is 13.2 Å². The van der Waals surface area contributed by atoms with Gasteiger partial charge in [0.15, 0.2) is 0 Å².